The largest absolute Gasteiger partial charge is 0.477 e. The maximum atomic E-state index is 12.2. The number of methoxy groups -OCH3 is 1. The predicted molar refractivity (Wildman–Crippen MR) is 74.7 cm³/mol. The number of hydrogen-bond donors (Lipinski definition) is 0. The van der Waals surface area contributed by atoms with Gasteiger partial charge in [-0.25, -0.2) is 9.78 Å². The Labute approximate surface area is 133 Å². The molecule has 0 aliphatic rings. The van der Waals surface area contributed by atoms with Gasteiger partial charge in [0.15, 0.2) is 6.61 Å². The molecule has 128 valence electrons. The highest BCUT2D eigenvalue weighted by molar-refractivity contribution is 5.88. The monoisotopic (exact) mass is 343 g/mol. The summed E-state index contributed by atoms with van der Waals surface area (Å²) in [5.74, 6) is -1.07. The van der Waals surface area contributed by atoms with Gasteiger partial charge in [0, 0.05) is 6.20 Å². The molecule has 2 aromatic rings. The van der Waals surface area contributed by atoms with Gasteiger partial charge in [0.05, 0.1) is 37.4 Å². The van der Waals surface area contributed by atoms with Crippen LogP contribution in [0.25, 0.3) is 0 Å². The van der Waals surface area contributed by atoms with Crippen LogP contribution in [0.4, 0.5) is 13.2 Å². The van der Waals surface area contributed by atoms with Crippen LogP contribution in [-0.2, 0) is 11.3 Å². The summed E-state index contributed by atoms with van der Waals surface area (Å²) in [5.41, 5.74) is -0.137. The van der Waals surface area contributed by atoms with E-state index in [1.165, 1.54) is 25.4 Å². The number of carbonyl (C=O) groups excluding carboxylic acids is 1. The maximum absolute atomic E-state index is 12.2. The Hall–Kier alpha value is -2.91. The predicted octanol–water partition coefficient (Wildman–Crippen LogP) is 1.41. The van der Waals surface area contributed by atoms with Crippen LogP contribution in [0.2, 0.25) is 0 Å². The highest BCUT2D eigenvalue weighted by atomic mass is 19.4. The Morgan fingerprint density at radius 2 is 2.04 bits per heavy atom. The van der Waals surface area contributed by atoms with Crippen LogP contribution in [0, 0.1) is 0 Å². The molecular weight excluding hydrogens is 331 g/mol. The fraction of sp³-hybridized carbons (Fsp3) is 0.286. The van der Waals surface area contributed by atoms with Gasteiger partial charge in [0.1, 0.15) is 0 Å². The number of aromatic nitrogens is 3. The van der Waals surface area contributed by atoms with E-state index in [4.69, 9.17) is 0 Å². The van der Waals surface area contributed by atoms with Crippen LogP contribution in [0.5, 0.6) is 5.75 Å². The van der Waals surface area contributed by atoms with Crippen LogP contribution in [-0.4, -0.2) is 40.4 Å². The minimum atomic E-state index is -4.56. The summed E-state index contributed by atoms with van der Waals surface area (Å²) in [4.78, 5) is 31.0. The average Bonchev–Trinajstić information content (AvgIpc) is 2.55. The van der Waals surface area contributed by atoms with Gasteiger partial charge in [-0.3, -0.25) is 14.3 Å². The lowest BCUT2D eigenvalue weighted by atomic mass is 10.2. The van der Waals surface area contributed by atoms with E-state index in [-0.39, 0.29) is 12.1 Å². The van der Waals surface area contributed by atoms with E-state index in [1.54, 1.807) is 0 Å². The molecule has 0 bridgehead atoms. The number of nitrogens with zero attached hydrogens (tertiary/aromatic N) is 3. The molecular formula is C14H12F3N3O4. The molecule has 0 spiro atoms. The molecule has 2 aromatic heterocycles. The van der Waals surface area contributed by atoms with Gasteiger partial charge >= 0.3 is 12.1 Å². The van der Waals surface area contributed by atoms with E-state index in [0.29, 0.717) is 5.69 Å². The SMILES string of the molecule is COC(=O)c1ccc(Cn2cncc(OCC(F)(F)F)c2=O)nc1. The average molecular weight is 343 g/mol. The number of carbonyl (C=O) groups is 1. The summed E-state index contributed by atoms with van der Waals surface area (Å²) in [6, 6.07) is 2.94. The normalized spacial score (nSPS) is 11.2. The number of pyridine rings is 1. The zero-order chi connectivity index (χ0) is 17.7. The molecule has 7 nitrogen and oxygen atoms in total. The van der Waals surface area contributed by atoms with Crippen molar-refractivity contribution in [2.75, 3.05) is 13.7 Å². The molecule has 0 atom stereocenters. The lowest BCUT2D eigenvalue weighted by molar-refractivity contribution is -0.153. The first-order valence-electron chi connectivity index (χ1n) is 6.57. The van der Waals surface area contributed by atoms with Crippen molar-refractivity contribution in [3.8, 4) is 5.75 Å². The van der Waals surface area contributed by atoms with Crippen LogP contribution < -0.4 is 10.3 Å². The van der Waals surface area contributed by atoms with Gasteiger partial charge < -0.3 is 9.47 Å². The molecule has 0 aliphatic carbocycles. The summed E-state index contributed by atoms with van der Waals surface area (Å²) in [5, 5.41) is 0. The van der Waals surface area contributed by atoms with Crippen molar-refractivity contribution >= 4 is 5.97 Å². The van der Waals surface area contributed by atoms with E-state index in [0.717, 1.165) is 17.1 Å². The number of halogens is 3. The first-order chi connectivity index (χ1) is 11.3. The lowest BCUT2D eigenvalue weighted by Crippen LogP contribution is -2.27. The molecule has 2 heterocycles. The van der Waals surface area contributed by atoms with Crippen molar-refractivity contribution in [2.24, 2.45) is 0 Å². The zero-order valence-corrected chi connectivity index (χ0v) is 12.4. The zero-order valence-electron chi connectivity index (χ0n) is 12.4. The summed E-state index contributed by atoms with van der Waals surface area (Å²) in [6.07, 6.45) is -1.22. The molecule has 0 fully saturated rings. The van der Waals surface area contributed by atoms with Gasteiger partial charge in [-0.1, -0.05) is 0 Å². The van der Waals surface area contributed by atoms with Crippen LogP contribution in [0.1, 0.15) is 16.1 Å². The van der Waals surface area contributed by atoms with E-state index in [2.05, 4.69) is 19.4 Å². The molecule has 0 radical (unpaired) electrons. The molecule has 24 heavy (non-hydrogen) atoms. The third-order valence-corrected chi connectivity index (χ3v) is 2.84. The smallest absolute Gasteiger partial charge is 0.422 e. The van der Waals surface area contributed by atoms with Gasteiger partial charge in [0.25, 0.3) is 5.56 Å². The van der Waals surface area contributed by atoms with E-state index < -0.39 is 30.1 Å². The van der Waals surface area contributed by atoms with E-state index in [1.807, 2.05) is 0 Å². The minimum absolute atomic E-state index is 0.0451. The number of esters is 1. The first-order valence-corrected chi connectivity index (χ1v) is 6.57. The van der Waals surface area contributed by atoms with Gasteiger partial charge in [-0.2, -0.15) is 13.2 Å². The molecule has 0 aromatic carbocycles. The number of ether oxygens (including phenoxy) is 2. The summed E-state index contributed by atoms with van der Waals surface area (Å²) < 4.78 is 46.5. The Morgan fingerprint density at radius 1 is 1.29 bits per heavy atom. The van der Waals surface area contributed by atoms with Crippen LogP contribution in [0.15, 0.2) is 35.6 Å². The Kier molecular flexibility index (Phi) is 5.17. The highest BCUT2D eigenvalue weighted by Gasteiger charge is 2.29. The molecule has 10 heteroatoms. The van der Waals surface area contributed by atoms with Crippen molar-refractivity contribution in [1.82, 2.24) is 14.5 Å². The summed E-state index contributed by atoms with van der Waals surface area (Å²) in [6.45, 7) is -1.63. The second kappa shape index (κ2) is 7.11. The second-order valence-electron chi connectivity index (χ2n) is 4.62. The number of hydrogen-bond acceptors (Lipinski definition) is 6. The van der Waals surface area contributed by atoms with Crippen LogP contribution in [0.3, 0.4) is 0 Å². The molecule has 0 saturated heterocycles. The lowest BCUT2D eigenvalue weighted by Gasteiger charge is -2.10. The molecule has 2 rings (SSSR count). The summed E-state index contributed by atoms with van der Waals surface area (Å²) >= 11 is 0. The fourth-order valence-corrected chi connectivity index (χ4v) is 1.73. The third kappa shape index (κ3) is 4.54. The van der Waals surface area contributed by atoms with Crippen molar-refractivity contribution in [3.63, 3.8) is 0 Å². The topological polar surface area (TPSA) is 83.3 Å². The Bertz CT molecular complexity index is 772. The molecule has 0 unspecified atom stereocenters. The molecule has 0 N–H and O–H groups in total. The molecule has 0 amide bonds. The Balaban J connectivity index is 2.15. The van der Waals surface area contributed by atoms with E-state index >= 15 is 0 Å². The third-order valence-electron chi connectivity index (χ3n) is 2.84. The first kappa shape index (κ1) is 17.4. The summed E-state index contributed by atoms with van der Waals surface area (Å²) in [7, 11) is 1.23. The minimum Gasteiger partial charge on any atom is -0.477 e. The van der Waals surface area contributed by atoms with Crippen molar-refractivity contribution in [2.45, 2.75) is 12.7 Å². The quantitative estimate of drug-likeness (QED) is 0.764. The molecule has 0 aliphatic heterocycles. The highest BCUT2D eigenvalue weighted by Crippen LogP contribution is 2.15. The second-order valence-corrected chi connectivity index (χ2v) is 4.62. The standard InChI is InChI=1S/C14H12F3N3O4/c1-23-13(22)9-2-3-10(19-4-9)6-20-8-18-5-11(12(20)21)24-7-14(15,16)17/h2-5,8H,6-7H2,1H3. The van der Waals surface area contributed by atoms with Crippen molar-refractivity contribution in [3.05, 3.63) is 52.5 Å². The van der Waals surface area contributed by atoms with Gasteiger partial charge in [-0.15, -0.1) is 0 Å². The maximum Gasteiger partial charge on any atom is 0.422 e. The number of alkyl halides is 3. The van der Waals surface area contributed by atoms with Gasteiger partial charge in [-0.05, 0) is 12.1 Å². The Morgan fingerprint density at radius 3 is 2.62 bits per heavy atom. The fourth-order valence-electron chi connectivity index (χ4n) is 1.73. The van der Waals surface area contributed by atoms with Gasteiger partial charge in [0.2, 0.25) is 5.75 Å². The van der Waals surface area contributed by atoms with Crippen molar-refractivity contribution in [1.29, 1.82) is 0 Å². The number of rotatable bonds is 5. The van der Waals surface area contributed by atoms with Crippen LogP contribution >= 0.6 is 0 Å². The van der Waals surface area contributed by atoms with E-state index in [9.17, 15) is 22.8 Å². The van der Waals surface area contributed by atoms with Crippen molar-refractivity contribution < 1.29 is 27.4 Å². The molecule has 0 saturated carbocycles.